The van der Waals surface area contributed by atoms with Crippen LogP contribution in [-0.2, 0) is 4.79 Å². The number of aryl methyl sites for hydroxylation is 3. The third kappa shape index (κ3) is 5.46. The van der Waals surface area contributed by atoms with Gasteiger partial charge in [0.1, 0.15) is 0 Å². The summed E-state index contributed by atoms with van der Waals surface area (Å²) in [6.07, 6.45) is 1.65. The van der Waals surface area contributed by atoms with E-state index >= 15 is 0 Å². The Bertz CT molecular complexity index is 929. The highest BCUT2D eigenvalue weighted by atomic mass is 16.2. The highest BCUT2D eigenvalue weighted by Crippen LogP contribution is 2.25. The highest BCUT2D eigenvalue weighted by Gasteiger charge is 2.29. The Kier molecular flexibility index (Phi) is 7.37. The number of likely N-dealkylation sites (tertiary alicyclic amines) is 1. The molecule has 2 aromatic carbocycles. The molecule has 1 N–H and O–H groups in total. The number of nitrogens with zero attached hydrogens (tertiary/aromatic N) is 2. The molecule has 166 valence electrons. The van der Waals surface area contributed by atoms with Gasteiger partial charge in [-0.2, -0.15) is 0 Å². The van der Waals surface area contributed by atoms with Crippen molar-refractivity contribution in [2.45, 2.75) is 47.5 Å². The maximum Gasteiger partial charge on any atom is 0.253 e. The molecule has 31 heavy (non-hydrogen) atoms. The van der Waals surface area contributed by atoms with Gasteiger partial charge in [0, 0.05) is 43.1 Å². The molecule has 0 bridgehead atoms. The predicted octanol–water partition coefficient (Wildman–Crippen LogP) is 4.95. The minimum atomic E-state index is -0.189. The summed E-state index contributed by atoms with van der Waals surface area (Å²) in [6, 6.07) is 12.1. The number of piperidine rings is 1. The summed E-state index contributed by atoms with van der Waals surface area (Å²) >= 11 is 0. The first-order chi connectivity index (χ1) is 14.8. The van der Waals surface area contributed by atoms with Gasteiger partial charge in [0.2, 0.25) is 5.91 Å². The molecule has 1 saturated heterocycles. The average molecular weight is 422 g/mol. The van der Waals surface area contributed by atoms with Gasteiger partial charge < -0.3 is 15.1 Å². The summed E-state index contributed by atoms with van der Waals surface area (Å²) in [6.45, 7) is 13.4. The fraction of sp³-hybridized carbons (Fsp3) is 0.462. The second-order valence-electron chi connectivity index (χ2n) is 8.63. The van der Waals surface area contributed by atoms with Crippen molar-refractivity contribution >= 4 is 23.2 Å². The second kappa shape index (κ2) is 9.99. The monoisotopic (exact) mass is 421 g/mol. The van der Waals surface area contributed by atoms with Gasteiger partial charge in [0.05, 0.1) is 5.92 Å². The molecule has 0 saturated carbocycles. The van der Waals surface area contributed by atoms with Crippen LogP contribution in [-0.4, -0.2) is 42.9 Å². The number of anilines is 2. The molecule has 0 aromatic heterocycles. The summed E-state index contributed by atoms with van der Waals surface area (Å²) in [5.41, 5.74) is 5.94. The van der Waals surface area contributed by atoms with E-state index in [0.29, 0.717) is 18.7 Å². The molecule has 0 spiro atoms. The Morgan fingerprint density at radius 3 is 2.32 bits per heavy atom. The normalized spacial score (nSPS) is 16.2. The molecule has 2 aromatic rings. The lowest BCUT2D eigenvalue weighted by Crippen LogP contribution is -2.43. The molecule has 5 nitrogen and oxygen atoms in total. The van der Waals surface area contributed by atoms with Crippen molar-refractivity contribution in [1.82, 2.24) is 4.90 Å². The average Bonchev–Trinajstić information content (AvgIpc) is 2.75. The van der Waals surface area contributed by atoms with E-state index < -0.39 is 0 Å². The maximum absolute atomic E-state index is 13.0. The Hall–Kier alpha value is -2.82. The standard InChI is InChI=1S/C26H35N3O2/c1-6-28(7-2)23-10-11-24(20(5)16-23)27-25(30)21-9-8-12-29(17-21)26(31)22-14-18(3)13-19(4)15-22/h10-11,13-16,21H,6-9,12,17H2,1-5H3,(H,27,30). The maximum atomic E-state index is 13.0. The minimum Gasteiger partial charge on any atom is -0.372 e. The molecule has 3 rings (SSSR count). The molecular weight excluding hydrogens is 386 g/mol. The lowest BCUT2D eigenvalue weighted by Gasteiger charge is -2.32. The summed E-state index contributed by atoms with van der Waals surface area (Å²) in [4.78, 5) is 30.2. The van der Waals surface area contributed by atoms with Crippen LogP contribution in [0.4, 0.5) is 11.4 Å². The third-order valence-corrected chi connectivity index (χ3v) is 6.14. The van der Waals surface area contributed by atoms with E-state index in [0.717, 1.165) is 48.3 Å². The fourth-order valence-corrected chi connectivity index (χ4v) is 4.46. The van der Waals surface area contributed by atoms with Gasteiger partial charge in [0.15, 0.2) is 0 Å². The molecule has 0 aliphatic carbocycles. The van der Waals surface area contributed by atoms with Crippen molar-refractivity contribution in [1.29, 1.82) is 0 Å². The zero-order chi connectivity index (χ0) is 22.5. The molecule has 1 unspecified atom stereocenters. The van der Waals surface area contributed by atoms with E-state index in [2.05, 4.69) is 42.3 Å². The molecule has 1 aliphatic rings. The first kappa shape index (κ1) is 22.9. The number of amides is 2. The van der Waals surface area contributed by atoms with Gasteiger partial charge in [-0.3, -0.25) is 9.59 Å². The summed E-state index contributed by atoms with van der Waals surface area (Å²) < 4.78 is 0. The number of hydrogen-bond donors (Lipinski definition) is 1. The van der Waals surface area contributed by atoms with Crippen LogP contribution in [0.3, 0.4) is 0 Å². The summed E-state index contributed by atoms with van der Waals surface area (Å²) in [5.74, 6) is -0.175. The zero-order valence-corrected chi connectivity index (χ0v) is 19.5. The number of carbonyl (C=O) groups excluding carboxylic acids is 2. The van der Waals surface area contributed by atoms with Crippen molar-refractivity contribution < 1.29 is 9.59 Å². The molecule has 1 aliphatic heterocycles. The van der Waals surface area contributed by atoms with E-state index in [-0.39, 0.29) is 17.7 Å². The van der Waals surface area contributed by atoms with Gasteiger partial charge in [0.25, 0.3) is 5.91 Å². The van der Waals surface area contributed by atoms with Gasteiger partial charge in [-0.1, -0.05) is 17.2 Å². The van der Waals surface area contributed by atoms with Crippen molar-refractivity contribution in [3.05, 3.63) is 58.7 Å². The van der Waals surface area contributed by atoms with Crippen LogP contribution in [0.5, 0.6) is 0 Å². The fourth-order valence-electron chi connectivity index (χ4n) is 4.46. The Morgan fingerprint density at radius 1 is 1.03 bits per heavy atom. The molecule has 1 atom stereocenters. The largest absolute Gasteiger partial charge is 0.372 e. The van der Waals surface area contributed by atoms with Crippen LogP contribution in [0.25, 0.3) is 0 Å². The van der Waals surface area contributed by atoms with E-state index in [1.54, 1.807) is 0 Å². The number of rotatable bonds is 6. The van der Waals surface area contributed by atoms with Crippen molar-refractivity contribution in [3.63, 3.8) is 0 Å². The lowest BCUT2D eigenvalue weighted by atomic mass is 9.95. The Balaban J connectivity index is 1.68. The Morgan fingerprint density at radius 2 is 1.71 bits per heavy atom. The van der Waals surface area contributed by atoms with Crippen LogP contribution in [0, 0.1) is 26.7 Å². The lowest BCUT2D eigenvalue weighted by molar-refractivity contribution is -0.121. The predicted molar refractivity (Wildman–Crippen MR) is 128 cm³/mol. The summed E-state index contributed by atoms with van der Waals surface area (Å²) in [7, 11) is 0. The van der Waals surface area contributed by atoms with E-state index in [1.807, 2.05) is 43.9 Å². The van der Waals surface area contributed by atoms with Gasteiger partial charge in [-0.05, 0) is 83.4 Å². The second-order valence-corrected chi connectivity index (χ2v) is 8.63. The minimum absolute atomic E-state index is 0.00314. The van der Waals surface area contributed by atoms with Crippen LogP contribution in [0.1, 0.15) is 53.7 Å². The van der Waals surface area contributed by atoms with E-state index in [9.17, 15) is 9.59 Å². The zero-order valence-electron chi connectivity index (χ0n) is 19.5. The first-order valence-electron chi connectivity index (χ1n) is 11.4. The van der Waals surface area contributed by atoms with Gasteiger partial charge >= 0.3 is 0 Å². The van der Waals surface area contributed by atoms with Crippen LogP contribution in [0.2, 0.25) is 0 Å². The van der Waals surface area contributed by atoms with E-state index in [1.165, 1.54) is 5.69 Å². The number of nitrogens with one attached hydrogen (secondary N) is 1. The molecule has 0 radical (unpaired) electrons. The molecule has 2 amide bonds. The topological polar surface area (TPSA) is 52.7 Å². The van der Waals surface area contributed by atoms with Crippen LogP contribution >= 0.6 is 0 Å². The molecule has 5 heteroatoms. The van der Waals surface area contributed by atoms with E-state index in [4.69, 9.17) is 0 Å². The summed E-state index contributed by atoms with van der Waals surface area (Å²) in [5, 5.41) is 3.10. The molecular formula is C26H35N3O2. The van der Waals surface area contributed by atoms with Crippen LogP contribution in [0.15, 0.2) is 36.4 Å². The molecule has 1 fully saturated rings. The quantitative estimate of drug-likeness (QED) is 0.718. The highest BCUT2D eigenvalue weighted by molar-refractivity contribution is 5.97. The number of carbonyl (C=O) groups is 2. The van der Waals surface area contributed by atoms with Crippen molar-refractivity contribution in [2.24, 2.45) is 5.92 Å². The SMILES string of the molecule is CCN(CC)c1ccc(NC(=O)C2CCCN(C(=O)c3cc(C)cc(C)c3)C2)c(C)c1. The smallest absolute Gasteiger partial charge is 0.253 e. The molecule has 1 heterocycles. The number of benzene rings is 2. The van der Waals surface area contributed by atoms with Gasteiger partial charge in [-0.25, -0.2) is 0 Å². The third-order valence-electron chi connectivity index (χ3n) is 6.14. The number of hydrogen-bond acceptors (Lipinski definition) is 3. The van der Waals surface area contributed by atoms with Crippen LogP contribution < -0.4 is 10.2 Å². The van der Waals surface area contributed by atoms with Crippen molar-refractivity contribution in [2.75, 3.05) is 36.4 Å². The first-order valence-corrected chi connectivity index (χ1v) is 11.4. The van der Waals surface area contributed by atoms with Gasteiger partial charge in [-0.15, -0.1) is 0 Å². The Labute approximate surface area is 186 Å². The van der Waals surface area contributed by atoms with Crippen molar-refractivity contribution in [3.8, 4) is 0 Å².